The summed E-state index contributed by atoms with van der Waals surface area (Å²) < 4.78 is 2.20. The standard InChI is InChI=1S/C26H31ClN2O/c1-4-25(22-11-6-5-7-12-22)26(30)29(17-20(2)3)19-24-14-9-15-28(24)18-21-10-8-13-23(27)16-21/h5-16,20,25H,4,17-19H2,1-3H3/t25-/m1/s1. The minimum absolute atomic E-state index is 0.110. The number of aromatic nitrogens is 1. The lowest BCUT2D eigenvalue weighted by Gasteiger charge is -2.29. The quantitative estimate of drug-likeness (QED) is 0.393. The van der Waals surface area contributed by atoms with E-state index in [1.807, 2.05) is 47.4 Å². The zero-order valence-corrected chi connectivity index (χ0v) is 18.8. The summed E-state index contributed by atoms with van der Waals surface area (Å²) in [4.78, 5) is 15.6. The number of amides is 1. The average molecular weight is 423 g/mol. The van der Waals surface area contributed by atoms with Gasteiger partial charge in [-0.25, -0.2) is 0 Å². The molecule has 1 amide bonds. The molecule has 1 atom stereocenters. The van der Waals surface area contributed by atoms with Gasteiger partial charge >= 0.3 is 0 Å². The summed E-state index contributed by atoms with van der Waals surface area (Å²) in [5.74, 6) is 0.493. The van der Waals surface area contributed by atoms with Crippen molar-refractivity contribution >= 4 is 17.5 Å². The molecular formula is C26H31ClN2O. The monoisotopic (exact) mass is 422 g/mol. The van der Waals surface area contributed by atoms with Gasteiger partial charge in [-0.05, 0) is 47.7 Å². The molecule has 0 bridgehead atoms. The molecule has 0 aliphatic carbocycles. The molecule has 3 rings (SSSR count). The van der Waals surface area contributed by atoms with Crippen LogP contribution in [0.15, 0.2) is 72.9 Å². The number of carbonyl (C=O) groups excluding carboxylic acids is 1. The van der Waals surface area contributed by atoms with E-state index in [1.54, 1.807) is 0 Å². The summed E-state index contributed by atoms with van der Waals surface area (Å²) in [6.07, 6.45) is 2.86. The van der Waals surface area contributed by atoms with Gasteiger partial charge in [0.15, 0.2) is 0 Å². The third-order valence-electron chi connectivity index (χ3n) is 5.32. The van der Waals surface area contributed by atoms with Gasteiger partial charge in [0.25, 0.3) is 0 Å². The third kappa shape index (κ3) is 5.76. The van der Waals surface area contributed by atoms with Crippen LogP contribution in [0.25, 0.3) is 0 Å². The Morgan fingerprint density at radius 2 is 1.80 bits per heavy atom. The van der Waals surface area contributed by atoms with Crippen LogP contribution in [0.4, 0.5) is 0 Å². The average Bonchev–Trinajstić information content (AvgIpc) is 3.15. The maximum atomic E-state index is 13.6. The van der Waals surface area contributed by atoms with Crippen molar-refractivity contribution in [2.75, 3.05) is 6.54 Å². The van der Waals surface area contributed by atoms with Gasteiger partial charge in [0.1, 0.15) is 0 Å². The normalized spacial score (nSPS) is 12.2. The van der Waals surface area contributed by atoms with E-state index in [0.29, 0.717) is 12.5 Å². The smallest absolute Gasteiger partial charge is 0.230 e. The SMILES string of the molecule is CC[C@@H](C(=O)N(Cc1cccn1Cc1cccc(Cl)c1)CC(C)C)c1ccccc1. The molecule has 0 N–H and O–H groups in total. The summed E-state index contributed by atoms with van der Waals surface area (Å²) in [6.45, 7) is 8.50. The van der Waals surface area contributed by atoms with Crippen molar-refractivity contribution in [3.63, 3.8) is 0 Å². The first-order chi connectivity index (χ1) is 14.5. The summed E-state index contributed by atoms with van der Waals surface area (Å²) >= 11 is 6.15. The lowest BCUT2D eigenvalue weighted by molar-refractivity contribution is -0.134. The molecule has 3 aromatic rings. The minimum atomic E-state index is -0.110. The van der Waals surface area contributed by atoms with Crippen LogP contribution in [0, 0.1) is 5.92 Å². The highest BCUT2D eigenvalue weighted by molar-refractivity contribution is 6.30. The van der Waals surface area contributed by atoms with Crippen molar-refractivity contribution in [2.45, 2.75) is 46.2 Å². The number of carbonyl (C=O) groups is 1. The fourth-order valence-corrected chi connectivity index (χ4v) is 4.12. The summed E-state index contributed by atoms with van der Waals surface area (Å²) in [5, 5.41) is 0.742. The van der Waals surface area contributed by atoms with E-state index in [-0.39, 0.29) is 11.8 Å². The first-order valence-electron chi connectivity index (χ1n) is 10.7. The molecule has 0 aliphatic rings. The molecule has 0 unspecified atom stereocenters. The van der Waals surface area contributed by atoms with E-state index in [1.165, 1.54) is 0 Å². The van der Waals surface area contributed by atoms with Crippen LogP contribution in [0.3, 0.4) is 0 Å². The van der Waals surface area contributed by atoms with Crippen LogP contribution in [-0.4, -0.2) is 21.9 Å². The highest BCUT2D eigenvalue weighted by Crippen LogP contribution is 2.24. The van der Waals surface area contributed by atoms with Gasteiger partial charge in [-0.3, -0.25) is 4.79 Å². The molecule has 2 aromatic carbocycles. The van der Waals surface area contributed by atoms with Crippen LogP contribution in [0.1, 0.15) is 49.9 Å². The Morgan fingerprint density at radius 1 is 1.03 bits per heavy atom. The van der Waals surface area contributed by atoms with Gasteiger partial charge in [0, 0.05) is 30.0 Å². The number of rotatable bonds is 9. The molecule has 0 saturated heterocycles. The second kappa shape index (κ2) is 10.5. The van der Waals surface area contributed by atoms with Gasteiger partial charge in [-0.1, -0.05) is 74.8 Å². The molecule has 0 aliphatic heterocycles. The molecule has 1 heterocycles. The summed E-state index contributed by atoms with van der Waals surface area (Å²) in [6, 6.07) is 22.2. The largest absolute Gasteiger partial charge is 0.345 e. The molecule has 158 valence electrons. The predicted octanol–water partition coefficient (Wildman–Crippen LogP) is 6.37. The van der Waals surface area contributed by atoms with E-state index in [2.05, 4.69) is 55.8 Å². The number of halogens is 1. The second-order valence-corrected chi connectivity index (χ2v) is 8.68. The lowest BCUT2D eigenvalue weighted by Crippen LogP contribution is -2.37. The molecule has 0 fully saturated rings. The first-order valence-corrected chi connectivity index (χ1v) is 11.1. The van der Waals surface area contributed by atoms with E-state index in [0.717, 1.165) is 41.4 Å². The Bertz CT molecular complexity index is 948. The maximum absolute atomic E-state index is 13.6. The minimum Gasteiger partial charge on any atom is -0.345 e. The van der Waals surface area contributed by atoms with Crippen molar-refractivity contribution in [3.8, 4) is 0 Å². The van der Waals surface area contributed by atoms with Gasteiger partial charge in [0.2, 0.25) is 5.91 Å². The van der Waals surface area contributed by atoms with E-state index < -0.39 is 0 Å². The van der Waals surface area contributed by atoms with Crippen LogP contribution in [-0.2, 0) is 17.9 Å². The molecule has 30 heavy (non-hydrogen) atoms. The zero-order valence-electron chi connectivity index (χ0n) is 18.1. The van der Waals surface area contributed by atoms with Gasteiger partial charge in [0.05, 0.1) is 12.5 Å². The van der Waals surface area contributed by atoms with Crippen LogP contribution in [0.2, 0.25) is 5.02 Å². The van der Waals surface area contributed by atoms with E-state index >= 15 is 0 Å². The van der Waals surface area contributed by atoms with Crippen molar-refractivity contribution < 1.29 is 4.79 Å². The highest BCUT2D eigenvalue weighted by Gasteiger charge is 2.25. The summed E-state index contributed by atoms with van der Waals surface area (Å²) in [7, 11) is 0. The van der Waals surface area contributed by atoms with Crippen molar-refractivity contribution in [2.24, 2.45) is 5.92 Å². The molecular weight excluding hydrogens is 392 g/mol. The maximum Gasteiger partial charge on any atom is 0.230 e. The molecule has 1 aromatic heterocycles. The number of hydrogen-bond donors (Lipinski definition) is 0. The van der Waals surface area contributed by atoms with Gasteiger partial charge in [-0.15, -0.1) is 0 Å². The topological polar surface area (TPSA) is 25.2 Å². The fourth-order valence-electron chi connectivity index (χ4n) is 3.91. The first kappa shape index (κ1) is 22.2. The van der Waals surface area contributed by atoms with Crippen molar-refractivity contribution in [3.05, 3.63) is 94.8 Å². The Kier molecular flexibility index (Phi) is 7.75. The zero-order chi connectivity index (χ0) is 21.5. The number of benzene rings is 2. The molecule has 0 radical (unpaired) electrons. The van der Waals surface area contributed by atoms with Crippen LogP contribution >= 0.6 is 11.6 Å². The van der Waals surface area contributed by atoms with Crippen LogP contribution < -0.4 is 0 Å². The van der Waals surface area contributed by atoms with E-state index in [4.69, 9.17) is 11.6 Å². The second-order valence-electron chi connectivity index (χ2n) is 8.24. The molecule has 0 saturated carbocycles. The summed E-state index contributed by atoms with van der Waals surface area (Å²) in [5.41, 5.74) is 3.37. The lowest BCUT2D eigenvalue weighted by atomic mass is 9.94. The molecule has 3 nitrogen and oxygen atoms in total. The Labute approximate surface area is 185 Å². The molecule has 0 spiro atoms. The predicted molar refractivity (Wildman–Crippen MR) is 125 cm³/mol. The number of hydrogen-bond acceptors (Lipinski definition) is 1. The molecule has 4 heteroatoms. The fraction of sp³-hybridized carbons (Fsp3) is 0.346. The van der Waals surface area contributed by atoms with E-state index in [9.17, 15) is 4.79 Å². The third-order valence-corrected chi connectivity index (χ3v) is 5.56. The number of nitrogens with zero attached hydrogens (tertiary/aromatic N) is 2. The Morgan fingerprint density at radius 3 is 2.47 bits per heavy atom. The van der Waals surface area contributed by atoms with Gasteiger partial charge in [-0.2, -0.15) is 0 Å². The Hall–Kier alpha value is -2.52. The van der Waals surface area contributed by atoms with Crippen molar-refractivity contribution in [1.82, 2.24) is 9.47 Å². The van der Waals surface area contributed by atoms with Gasteiger partial charge < -0.3 is 9.47 Å². The van der Waals surface area contributed by atoms with Crippen LogP contribution in [0.5, 0.6) is 0 Å². The van der Waals surface area contributed by atoms with Crippen molar-refractivity contribution in [1.29, 1.82) is 0 Å². The Balaban J connectivity index is 1.82. The highest BCUT2D eigenvalue weighted by atomic mass is 35.5.